The molecule has 31 heavy (non-hydrogen) atoms. The molecule has 0 bridgehead atoms. The first-order valence-corrected chi connectivity index (χ1v) is 13.9. The summed E-state index contributed by atoms with van der Waals surface area (Å²) in [5.74, 6) is -1.28. The summed E-state index contributed by atoms with van der Waals surface area (Å²) in [5, 5.41) is 20.1. The maximum atomic E-state index is 13.0. The first kappa shape index (κ1) is 22.9. The fourth-order valence-electron chi connectivity index (χ4n) is 3.38. The van der Waals surface area contributed by atoms with Gasteiger partial charge in [-0.2, -0.15) is 0 Å². The van der Waals surface area contributed by atoms with E-state index in [2.05, 4.69) is 10.2 Å². The Labute approximate surface area is 197 Å². The van der Waals surface area contributed by atoms with E-state index >= 15 is 0 Å². The van der Waals surface area contributed by atoms with E-state index in [4.69, 9.17) is 0 Å². The van der Waals surface area contributed by atoms with Gasteiger partial charge in [-0.05, 0) is 18.4 Å². The predicted octanol–water partition coefficient (Wildman–Crippen LogP) is 1.93. The molecule has 4 heterocycles. The number of fused-ring (bicyclic) bond motifs is 1. The Morgan fingerprint density at radius 3 is 2.84 bits per heavy atom. The molecule has 0 saturated carbocycles. The van der Waals surface area contributed by atoms with Crippen LogP contribution in [0.2, 0.25) is 0 Å². The number of β-lactam (4-membered cyclic amide) rings is 1. The van der Waals surface area contributed by atoms with Crippen molar-refractivity contribution < 1.29 is 24.0 Å². The number of rotatable bonds is 7. The van der Waals surface area contributed by atoms with Crippen molar-refractivity contribution in [2.75, 3.05) is 18.1 Å². The first-order valence-electron chi connectivity index (χ1n) is 9.07. The Balaban J connectivity index is 1.50. The molecule has 0 aromatic carbocycles. The van der Waals surface area contributed by atoms with Crippen molar-refractivity contribution in [3.8, 4) is 0 Å². The number of amides is 2. The SMILES string of the molecule is CC(=O)N(C1C(=O)N2CC(CSc3nnc(C)s3)(C(=O)O)CS[C@H]12)[S+]([O-])c1cccs1. The second-order valence-electron chi connectivity index (χ2n) is 7.10. The number of carbonyl (C=O) groups excluding carboxylic acids is 2. The smallest absolute Gasteiger partial charge is 0.313 e. The molecule has 166 valence electrons. The van der Waals surface area contributed by atoms with Gasteiger partial charge in [-0.1, -0.05) is 34.4 Å². The second kappa shape index (κ2) is 8.90. The van der Waals surface area contributed by atoms with Gasteiger partial charge in [0.15, 0.2) is 10.4 Å². The molecule has 0 radical (unpaired) electrons. The molecule has 2 fully saturated rings. The standard InChI is InChI=1S/C17H18N4O5S5/c1-9-18-19-16(30-9)29-8-17(15(24)25)6-20-13(23)12(14(20)28-7-17)21(10(2)22)31(26)11-4-3-5-27-11/h3-5,12,14H,6-8H2,1-2H3,(H,24,25)/t12?,14-,17?,31?/m1/s1. The van der Waals surface area contributed by atoms with Crippen LogP contribution in [0.25, 0.3) is 0 Å². The normalized spacial score (nSPS) is 26.2. The average Bonchev–Trinajstić information content (AvgIpc) is 3.41. The van der Waals surface area contributed by atoms with E-state index in [9.17, 15) is 24.0 Å². The van der Waals surface area contributed by atoms with Crippen molar-refractivity contribution in [1.82, 2.24) is 19.4 Å². The average molecular weight is 519 g/mol. The van der Waals surface area contributed by atoms with Gasteiger partial charge in [-0.3, -0.25) is 14.4 Å². The Hall–Kier alpha value is -1.32. The lowest BCUT2D eigenvalue weighted by atomic mass is 9.89. The Kier molecular flexibility index (Phi) is 6.57. The molecule has 2 amide bonds. The van der Waals surface area contributed by atoms with Crippen LogP contribution in [0, 0.1) is 12.3 Å². The highest BCUT2D eigenvalue weighted by molar-refractivity contribution is 8.01. The molecule has 9 nitrogen and oxygen atoms in total. The maximum absolute atomic E-state index is 13.0. The summed E-state index contributed by atoms with van der Waals surface area (Å²) in [4.78, 5) is 38.9. The van der Waals surface area contributed by atoms with Gasteiger partial charge in [0, 0.05) is 31.0 Å². The molecular formula is C17H18N4O5S5. The van der Waals surface area contributed by atoms with E-state index in [1.54, 1.807) is 17.5 Å². The van der Waals surface area contributed by atoms with Crippen LogP contribution in [0.5, 0.6) is 0 Å². The van der Waals surface area contributed by atoms with Crippen molar-refractivity contribution in [1.29, 1.82) is 0 Å². The molecule has 14 heteroatoms. The number of hydrogen-bond donors (Lipinski definition) is 1. The van der Waals surface area contributed by atoms with Crippen molar-refractivity contribution in [3.63, 3.8) is 0 Å². The number of aryl methyl sites for hydroxylation is 1. The molecular weight excluding hydrogens is 501 g/mol. The molecule has 2 aromatic rings. The van der Waals surface area contributed by atoms with E-state index in [1.165, 1.54) is 58.0 Å². The molecule has 1 N–H and O–H groups in total. The fourth-order valence-corrected chi connectivity index (χ4v) is 9.39. The minimum Gasteiger partial charge on any atom is -0.587 e. The van der Waals surface area contributed by atoms with E-state index in [0.717, 1.165) is 9.31 Å². The number of carboxylic acid groups (broad SMARTS) is 1. The summed E-state index contributed by atoms with van der Waals surface area (Å²) in [6.45, 7) is 3.16. The lowest BCUT2D eigenvalue weighted by Gasteiger charge is -2.54. The van der Waals surface area contributed by atoms with Crippen LogP contribution >= 0.6 is 46.2 Å². The summed E-state index contributed by atoms with van der Waals surface area (Å²) >= 11 is 3.50. The van der Waals surface area contributed by atoms with Gasteiger partial charge in [0.2, 0.25) is 4.21 Å². The zero-order valence-corrected chi connectivity index (χ0v) is 20.5. The molecule has 2 aliphatic rings. The van der Waals surface area contributed by atoms with E-state index in [-0.39, 0.29) is 24.0 Å². The van der Waals surface area contributed by atoms with Crippen LogP contribution in [0.3, 0.4) is 0 Å². The summed E-state index contributed by atoms with van der Waals surface area (Å²) in [5.41, 5.74) is -1.14. The first-order chi connectivity index (χ1) is 14.7. The second-order valence-corrected chi connectivity index (χ2v) is 13.1. The van der Waals surface area contributed by atoms with Gasteiger partial charge in [0.25, 0.3) is 11.8 Å². The molecule has 2 saturated heterocycles. The van der Waals surface area contributed by atoms with Crippen LogP contribution in [0.1, 0.15) is 11.9 Å². The number of aliphatic carboxylic acids is 1. The number of hydrogen-bond acceptors (Lipinski definition) is 10. The van der Waals surface area contributed by atoms with E-state index < -0.39 is 40.1 Å². The molecule has 4 rings (SSSR count). The molecule has 2 aromatic heterocycles. The Morgan fingerprint density at radius 2 is 2.26 bits per heavy atom. The predicted molar refractivity (Wildman–Crippen MR) is 120 cm³/mol. The molecule has 4 atom stereocenters. The van der Waals surface area contributed by atoms with Crippen LogP contribution in [-0.2, 0) is 25.7 Å². The number of nitrogens with zero attached hydrogens (tertiary/aromatic N) is 4. The van der Waals surface area contributed by atoms with Crippen molar-refractivity contribution in [3.05, 3.63) is 22.5 Å². The summed E-state index contributed by atoms with van der Waals surface area (Å²) in [6.07, 6.45) is 0. The summed E-state index contributed by atoms with van der Waals surface area (Å²) in [7, 11) is 0. The number of aromatic nitrogens is 2. The zero-order valence-electron chi connectivity index (χ0n) is 16.4. The van der Waals surface area contributed by atoms with Gasteiger partial charge >= 0.3 is 5.97 Å². The van der Waals surface area contributed by atoms with E-state index in [0.29, 0.717) is 8.55 Å². The molecule has 3 unspecified atom stereocenters. The number of thioether (sulfide) groups is 2. The third-order valence-electron chi connectivity index (χ3n) is 4.96. The third-order valence-corrected chi connectivity index (χ3v) is 11.5. The molecule has 2 aliphatic heterocycles. The van der Waals surface area contributed by atoms with Gasteiger partial charge in [-0.15, -0.1) is 26.3 Å². The van der Waals surface area contributed by atoms with Gasteiger partial charge in [0.1, 0.15) is 27.2 Å². The number of carbonyl (C=O) groups is 3. The minimum absolute atomic E-state index is 0.0392. The maximum Gasteiger partial charge on any atom is 0.313 e. The minimum atomic E-state index is -1.78. The van der Waals surface area contributed by atoms with Gasteiger partial charge in [-0.25, -0.2) is 0 Å². The largest absolute Gasteiger partial charge is 0.587 e. The topological polar surface area (TPSA) is 127 Å². The van der Waals surface area contributed by atoms with Crippen LogP contribution in [0.15, 0.2) is 26.1 Å². The van der Waals surface area contributed by atoms with Crippen molar-refractivity contribution >= 4 is 75.3 Å². The van der Waals surface area contributed by atoms with Crippen molar-refractivity contribution in [2.24, 2.45) is 5.41 Å². The summed E-state index contributed by atoms with van der Waals surface area (Å²) < 4.78 is 15.2. The highest BCUT2D eigenvalue weighted by Gasteiger charge is 2.62. The lowest BCUT2D eigenvalue weighted by molar-refractivity contribution is -0.161. The van der Waals surface area contributed by atoms with E-state index in [1.807, 2.05) is 6.92 Å². The quantitative estimate of drug-likeness (QED) is 0.332. The van der Waals surface area contributed by atoms with Gasteiger partial charge < -0.3 is 14.6 Å². The van der Waals surface area contributed by atoms with Gasteiger partial charge in [0.05, 0.1) is 0 Å². The Morgan fingerprint density at radius 1 is 1.48 bits per heavy atom. The zero-order chi connectivity index (χ0) is 22.3. The highest BCUT2D eigenvalue weighted by atomic mass is 32.2. The molecule has 0 aliphatic carbocycles. The third kappa shape index (κ3) is 4.20. The highest BCUT2D eigenvalue weighted by Crippen LogP contribution is 2.47. The lowest BCUT2D eigenvalue weighted by Crippen LogP contribution is -2.74. The van der Waals surface area contributed by atoms with Crippen LogP contribution in [0.4, 0.5) is 0 Å². The monoisotopic (exact) mass is 518 g/mol. The Bertz CT molecular complexity index is 1000. The van der Waals surface area contributed by atoms with Crippen LogP contribution < -0.4 is 0 Å². The van der Waals surface area contributed by atoms with Crippen molar-refractivity contribution in [2.45, 2.75) is 33.8 Å². The van der Waals surface area contributed by atoms with Crippen LogP contribution in [-0.4, -0.2) is 76.3 Å². The number of carboxylic acids is 1. The molecule has 0 spiro atoms. The number of thiophene rings is 1. The summed E-state index contributed by atoms with van der Waals surface area (Å²) in [6, 6.07) is 2.53. The fraction of sp³-hybridized carbons (Fsp3) is 0.471.